The van der Waals surface area contributed by atoms with Gasteiger partial charge < -0.3 is 10.8 Å². The Morgan fingerprint density at radius 2 is 2.07 bits per heavy atom. The summed E-state index contributed by atoms with van der Waals surface area (Å²) in [6, 6.07) is -0.379. The van der Waals surface area contributed by atoms with Crippen molar-refractivity contribution in [1.29, 1.82) is 0 Å². The van der Waals surface area contributed by atoms with Gasteiger partial charge in [0.1, 0.15) is 5.78 Å². The second-order valence-electron chi connectivity index (χ2n) is 5.85. The Labute approximate surface area is 92.0 Å². The third-order valence-electron chi connectivity index (χ3n) is 3.28. The summed E-state index contributed by atoms with van der Waals surface area (Å²) in [7, 11) is 0. The Balaban J connectivity index is 2.42. The molecule has 3 atom stereocenters. The van der Waals surface area contributed by atoms with Crippen LogP contribution in [-0.4, -0.2) is 23.0 Å². The van der Waals surface area contributed by atoms with Gasteiger partial charge >= 0.3 is 0 Å². The fourth-order valence-corrected chi connectivity index (χ4v) is 2.13. The number of nitrogens with two attached hydrogens (primary N) is 1. The van der Waals surface area contributed by atoms with Crippen LogP contribution in [0.3, 0.4) is 0 Å². The molecule has 1 aliphatic rings. The quantitative estimate of drug-likeness (QED) is 0.746. The lowest BCUT2D eigenvalue weighted by atomic mass is 9.82. The Hall–Kier alpha value is -0.410. The van der Waals surface area contributed by atoms with Crippen molar-refractivity contribution in [1.82, 2.24) is 0 Å². The van der Waals surface area contributed by atoms with Crippen LogP contribution >= 0.6 is 0 Å². The van der Waals surface area contributed by atoms with Crippen molar-refractivity contribution in [2.45, 2.75) is 58.6 Å². The zero-order valence-electron chi connectivity index (χ0n) is 9.99. The normalized spacial score (nSPS) is 29.1. The molecule has 3 heteroatoms. The van der Waals surface area contributed by atoms with E-state index in [9.17, 15) is 9.90 Å². The molecule has 3 nitrogen and oxygen atoms in total. The fraction of sp³-hybridized carbons (Fsp3) is 0.917. The van der Waals surface area contributed by atoms with Gasteiger partial charge in [-0.1, -0.05) is 20.8 Å². The number of rotatable bonds is 3. The maximum atomic E-state index is 11.8. The molecule has 0 amide bonds. The number of hydrogen-bond donors (Lipinski definition) is 2. The zero-order valence-corrected chi connectivity index (χ0v) is 9.99. The van der Waals surface area contributed by atoms with Gasteiger partial charge in [0, 0.05) is 6.42 Å². The molecular formula is C12H23NO2. The standard InChI is InChI=1S/C12H23NO2/c1-12(2,3)11(13)10(15)7-8-4-5-9(14)6-8/h8-9,11,14H,4-7,13H2,1-3H3/t8?,9-,11-/m1/s1. The van der Waals surface area contributed by atoms with Crippen molar-refractivity contribution in [3.8, 4) is 0 Å². The molecule has 1 aliphatic carbocycles. The van der Waals surface area contributed by atoms with E-state index in [4.69, 9.17) is 5.73 Å². The first-order chi connectivity index (χ1) is 6.80. The first kappa shape index (κ1) is 12.7. The summed E-state index contributed by atoms with van der Waals surface area (Å²) >= 11 is 0. The summed E-state index contributed by atoms with van der Waals surface area (Å²) in [5, 5.41) is 9.37. The number of Topliss-reactive ketones (excluding diaryl/α,β-unsaturated/α-hetero) is 1. The van der Waals surface area contributed by atoms with Crippen LogP contribution in [-0.2, 0) is 4.79 Å². The minimum Gasteiger partial charge on any atom is -0.393 e. The van der Waals surface area contributed by atoms with Gasteiger partial charge in [0.2, 0.25) is 0 Å². The molecule has 0 saturated heterocycles. The molecule has 0 bridgehead atoms. The Kier molecular flexibility index (Phi) is 3.90. The van der Waals surface area contributed by atoms with Crippen LogP contribution in [0.4, 0.5) is 0 Å². The first-order valence-electron chi connectivity index (χ1n) is 5.77. The molecule has 15 heavy (non-hydrogen) atoms. The number of carbonyl (C=O) groups is 1. The second kappa shape index (κ2) is 4.62. The molecule has 0 radical (unpaired) electrons. The van der Waals surface area contributed by atoms with Crippen LogP contribution < -0.4 is 5.73 Å². The summed E-state index contributed by atoms with van der Waals surface area (Å²) in [6.45, 7) is 5.96. The van der Waals surface area contributed by atoms with E-state index in [0.29, 0.717) is 12.3 Å². The van der Waals surface area contributed by atoms with Crippen molar-refractivity contribution in [3.63, 3.8) is 0 Å². The average molecular weight is 213 g/mol. The van der Waals surface area contributed by atoms with Crippen LogP contribution in [0.2, 0.25) is 0 Å². The van der Waals surface area contributed by atoms with Gasteiger partial charge in [-0.25, -0.2) is 0 Å². The molecule has 1 rings (SSSR count). The molecule has 0 aromatic heterocycles. The van der Waals surface area contributed by atoms with E-state index in [-0.39, 0.29) is 23.3 Å². The van der Waals surface area contributed by atoms with Gasteiger partial charge in [-0.2, -0.15) is 0 Å². The molecule has 1 saturated carbocycles. The van der Waals surface area contributed by atoms with Crippen molar-refractivity contribution in [2.24, 2.45) is 17.1 Å². The average Bonchev–Trinajstić information content (AvgIpc) is 2.48. The van der Waals surface area contributed by atoms with Gasteiger partial charge in [-0.3, -0.25) is 4.79 Å². The summed E-state index contributed by atoms with van der Waals surface area (Å²) in [5.41, 5.74) is 5.74. The van der Waals surface area contributed by atoms with Gasteiger partial charge in [-0.05, 0) is 30.6 Å². The van der Waals surface area contributed by atoms with E-state index in [0.717, 1.165) is 19.3 Å². The topological polar surface area (TPSA) is 63.3 Å². The SMILES string of the molecule is CC(C)(C)[C@H](N)C(=O)CC1CC[C@@H](O)C1. The van der Waals surface area contributed by atoms with Crippen LogP contribution in [0, 0.1) is 11.3 Å². The number of aliphatic hydroxyl groups is 1. The van der Waals surface area contributed by atoms with Crippen LogP contribution in [0.1, 0.15) is 46.5 Å². The lowest BCUT2D eigenvalue weighted by Gasteiger charge is -2.26. The molecule has 88 valence electrons. The molecule has 1 fully saturated rings. The van der Waals surface area contributed by atoms with Crippen LogP contribution in [0.15, 0.2) is 0 Å². The first-order valence-corrected chi connectivity index (χ1v) is 5.77. The molecule has 0 aromatic rings. The maximum absolute atomic E-state index is 11.8. The smallest absolute Gasteiger partial charge is 0.150 e. The van der Waals surface area contributed by atoms with Gasteiger partial charge in [0.15, 0.2) is 0 Å². The fourth-order valence-electron chi connectivity index (χ4n) is 2.13. The zero-order chi connectivity index (χ0) is 11.6. The number of carbonyl (C=O) groups excluding carboxylic acids is 1. The molecule has 0 aliphatic heterocycles. The van der Waals surface area contributed by atoms with E-state index in [1.54, 1.807) is 0 Å². The monoisotopic (exact) mass is 213 g/mol. The molecule has 1 unspecified atom stereocenters. The van der Waals surface area contributed by atoms with Gasteiger partial charge in [0.05, 0.1) is 12.1 Å². The van der Waals surface area contributed by atoms with E-state index in [1.807, 2.05) is 20.8 Å². The van der Waals surface area contributed by atoms with Crippen molar-refractivity contribution < 1.29 is 9.90 Å². The predicted molar refractivity (Wildman–Crippen MR) is 60.4 cm³/mol. The van der Waals surface area contributed by atoms with Crippen LogP contribution in [0.25, 0.3) is 0 Å². The van der Waals surface area contributed by atoms with Crippen LogP contribution in [0.5, 0.6) is 0 Å². The Morgan fingerprint density at radius 1 is 1.47 bits per heavy atom. The van der Waals surface area contributed by atoms with Crippen molar-refractivity contribution in [2.75, 3.05) is 0 Å². The highest BCUT2D eigenvalue weighted by molar-refractivity contribution is 5.84. The summed E-state index contributed by atoms with van der Waals surface area (Å²) in [4.78, 5) is 11.8. The summed E-state index contributed by atoms with van der Waals surface area (Å²) in [6.07, 6.45) is 2.90. The van der Waals surface area contributed by atoms with E-state index < -0.39 is 0 Å². The minimum atomic E-state index is -0.379. The third kappa shape index (κ3) is 3.58. The number of ketones is 1. The Bertz CT molecular complexity index is 232. The lowest BCUT2D eigenvalue weighted by molar-refractivity contribution is -0.123. The maximum Gasteiger partial charge on any atom is 0.150 e. The van der Waals surface area contributed by atoms with Crippen molar-refractivity contribution in [3.05, 3.63) is 0 Å². The Morgan fingerprint density at radius 3 is 2.47 bits per heavy atom. The van der Waals surface area contributed by atoms with Gasteiger partial charge in [0.25, 0.3) is 0 Å². The highest BCUT2D eigenvalue weighted by Crippen LogP contribution is 2.30. The molecular weight excluding hydrogens is 190 g/mol. The molecule has 0 aromatic carbocycles. The minimum absolute atomic E-state index is 0.140. The van der Waals surface area contributed by atoms with E-state index in [2.05, 4.69) is 0 Å². The second-order valence-corrected chi connectivity index (χ2v) is 5.85. The molecule has 0 spiro atoms. The summed E-state index contributed by atoms with van der Waals surface area (Å²) < 4.78 is 0. The highest BCUT2D eigenvalue weighted by Gasteiger charge is 2.31. The predicted octanol–water partition coefficient (Wildman–Crippen LogP) is 1.48. The van der Waals surface area contributed by atoms with E-state index in [1.165, 1.54) is 0 Å². The number of aliphatic hydroxyl groups excluding tert-OH is 1. The molecule has 0 heterocycles. The van der Waals surface area contributed by atoms with E-state index >= 15 is 0 Å². The largest absolute Gasteiger partial charge is 0.393 e. The third-order valence-corrected chi connectivity index (χ3v) is 3.28. The van der Waals surface area contributed by atoms with Gasteiger partial charge in [-0.15, -0.1) is 0 Å². The van der Waals surface area contributed by atoms with Crippen molar-refractivity contribution >= 4 is 5.78 Å². The number of hydrogen-bond acceptors (Lipinski definition) is 3. The lowest BCUT2D eigenvalue weighted by Crippen LogP contribution is -2.42. The highest BCUT2D eigenvalue weighted by atomic mass is 16.3. The molecule has 3 N–H and O–H groups in total. The summed E-state index contributed by atoms with van der Waals surface area (Å²) in [5.74, 6) is 0.488.